The van der Waals surface area contributed by atoms with Crippen LogP contribution in [0.4, 0.5) is 0 Å². The summed E-state index contributed by atoms with van der Waals surface area (Å²) in [5, 5.41) is 9.21. The second-order valence-corrected chi connectivity index (χ2v) is 5.83. The van der Waals surface area contributed by atoms with Gasteiger partial charge in [-0.3, -0.25) is 0 Å². The van der Waals surface area contributed by atoms with E-state index in [1.54, 1.807) is 12.1 Å². The van der Waals surface area contributed by atoms with Gasteiger partial charge in [0.15, 0.2) is 0 Å². The summed E-state index contributed by atoms with van der Waals surface area (Å²) < 4.78 is 2.13. The van der Waals surface area contributed by atoms with Crippen LogP contribution in [-0.4, -0.2) is 32.1 Å². The highest BCUT2D eigenvalue weighted by atomic mass is 32.2. The summed E-state index contributed by atoms with van der Waals surface area (Å²) in [7, 11) is 0. The molecule has 0 amide bonds. The first-order valence-electron chi connectivity index (χ1n) is 6.34. The van der Waals surface area contributed by atoms with E-state index in [1.807, 2.05) is 24.8 Å². The predicted molar refractivity (Wildman–Crippen MR) is 79.1 cm³/mol. The van der Waals surface area contributed by atoms with Crippen LogP contribution < -0.4 is 0 Å². The second-order valence-electron chi connectivity index (χ2n) is 4.52. The normalized spacial score (nSPS) is 12.8. The van der Waals surface area contributed by atoms with Gasteiger partial charge in [-0.2, -0.15) is 11.8 Å². The Kier molecular flexibility index (Phi) is 4.14. The van der Waals surface area contributed by atoms with Gasteiger partial charge in [0.05, 0.1) is 11.1 Å². The first kappa shape index (κ1) is 13.9. The van der Waals surface area contributed by atoms with Crippen LogP contribution >= 0.6 is 11.8 Å². The van der Waals surface area contributed by atoms with Crippen LogP contribution in [0.2, 0.25) is 0 Å². The predicted octanol–water partition coefficient (Wildman–Crippen LogP) is 3.36. The number of carboxylic acids is 1. The van der Waals surface area contributed by atoms with Crippen molar-refractivity contribution < 1.29 is 9.90 Å². The van der Waals surface area contributed by atoms with E-state index >= 15 is 0 Å². The second kappa shape index (κ2) is 5.65. The summed E-state index contributed by atoms with van der Waals surface area (Å²) in [6, 6.07) is 5.63. The van der Waals surface area contributed by atoms with Crippen LogP contribution in [0.3, 0.4) is 0 Å². The number of fused-ring (bicyclic) bond motifs is 1. The number of thioether (sulfide) groups is 1. The Bertz CT molecular complexity index is 607. The van der Waals surface area contributed by atoms with E-state index in [4.69, 9.17) is 0 Å². The topological polar surface area (TPSA) is 55.1 Å². The third-order valence-electron chi connectivity index (χ3n) is 3.13. The number of nitrogens with zero attached hydrogens (tertiary/aromatic N) is 2. The highest BCUT2D eigenvalue weighted by Crippen LogP contribution is 2.25. The molecule has 102 valence electrons. The summed E-state index contributed by atoms with van der Waals surface area (Å²) in [6.45, 7) is 6.21. The number of para-hydroxylation sites is 1. The van der Waals surface area contributed by atoms with Crippen LogP contribution in [-0.2, 0) is 0 Å². The quantitative estimate of drug-likeness (QED) is 0.911. The lowest BCUT2D eigenvalue weighted by atomic mass is 10.2. The third-order valence-corrected chi connectivity index (χ3v) is 4.26. The smallest absolute Gasteiger partial charge is 0.337 e. The lowest BCUT2D eigenvalue weighted by Crippen LogP contribution is -2.09. The van der Waals surface area contributed by atoms with Gasteiger partial charge in [0.25, 0.3) is 0 Å². The molecular weight excluding hydrogens is 260 g/mol. The summed E-state index contributed by atoms with van der Waals surface area (Å²) in [5.41, 5.74) is 1.76. The summed E-state index contributed by atoms with van der Waals surface area (Å²) >= 11 is 1.88. The van der Waals surface area contributed by atoms with Crippen molar-refractivity contribution >= 4 is 28.8 Å². The molecule has 0 fully saturated rings. The molecule has 0 saturated heterocycles. The van der Waals surface area contributed by atoms with Crippen molar-refractivity contribution in [3.8, 4) is 0 Å². The van der Waals surface area contributed by atoms with Gasteiger partial charge in [-0.1, -0.05) is 13.0 Å². The molecule has 1 aromatic heterocycles. The van der Waals surface area contributed by atoms with E-state index in [-0.39, 0.29) is 5.56 Å². The Morgan fingerprint density at radius 3 is 2.89 bits per heavy atom. The molecule has 0 spiro atoms. The average molecular weight is 278 g/mol. The van der Waals surface area contributed by atoms with Crippen LogP contribution in [0.15, 0.2) is 18.2 Å². The molecule has 19 heavy (non-hydrogen) atoms. The SMILES string of the molecule is CCSCC(C)n1c(C)nc2c(C(=O)O)cccc21. The molecule has 1 unspecified atom stereocenters. The van der Waals surface area contributed by atoms with Crippen molar-refractivity contribution in [3.05, 3.63) is 29.6 Å². The molecule has 1 atom stereocenters. The Morgan fingerprint density at radius 1 is 1.53 bits per heavy atom. The van der Waals surface area contributed by atoms with Crippen LogP contribution in [0, 0.1) is 6.92 Å². The fourth-order valence-electron chi connectivity index (χ4n) is 2.33. The lowest BCUT2D eigenvalue weighted by Gasteiger charge is -2.15. The minimum absolute atomic E-state index is 0.273. The highest BCUT2D eigenvalue weighted by Gasteiger charge is 2.17. The number of carboxylic acid groups (broad SMARTS) is 1. The van der Waals surface area contributed by atoms with Crippen molar-refractivity contribution in [2.24, 2.45) is 0 Å². The zero-order valence-electron chi connectivity index (χ0n) is 11.4. The number of benzene rings is 1. The Labute approximate surface area is 116 Å². The van der Waals surface area contributed by atoms with Gasteiger partial charge in [-0.25, -0.2) is 9.78 Å². The fourth-order valence-corrected chi connectivity index (χ4v) is 3.05. The zero-order chi connectivity index (χ0) is 14.0. The number of imidazole rings is 1. The van der Waals surface area contributed by atoms with Gasteiger partial charge in [0.1, 0.15) is 11.3 Å². The molecule has 2 rings (SSSR count). The maximum Gasteiger partial charge on any atom is 0.337 e. The van der Waals surface area contributed by atoms with Crippen molar-refractivity contribution in [1.29, 1.82) is 0 Å². The van der Waals surface area contributed by atoms with Crippen LogP contribution in [0.5, 0.6) is 0 Å². The highest BCUT2D eigenvalue weighted by molar-refractivity contribution is 7.99. The minimum atomic E-state index is -0.925. The molecule has 0 saturated carbocycles. The number of rotatable bonds is 5. The fraction of sp³-hybridized carbons (Fsp3) is 0.429. The van der Waals surface area contributed by atoms with Gasteiger partial charge in [-0.05, 0) is 31.7 Å². The molecular formula is C14H18N2O2S. The van der Waals surface area contributed by atoms with Gasteiger partial charge in [-0.15, -0.1) is 0 Å². The molecule has 1 aromatic carbocycles. The first-order valence-corrected chi connectivity index (χ1v) is 7.50. The van der Waals surface area contributed by atoms with Crippen molar-refractivity contribution in [2.45, 2.75) is 26.8 Å². The van der Waals surface area contributed by atoms with E-state index in [9.17, 15) is 9.90 Å². The maximum absolute atomic E-state index is 11.2. The molecule has 1 N–H and O–H groups in total. The van der Waals surface area contributed by atoms with Crippen molar-refractivity contribution in [1.82, 2.24) is 9.55 Å². The first-order chi connectivity index (χ1) is 9.06. The Hall–Kier alpha value is -1.49. The monoisotopic (exact) mass is 278 g/mol. The number of hydrogen-bond donors (Lipinski definition) is 1. The third kappa shape index (κ3) is 2.61. The van der Waals surface area contributed by atoms with Gasteiger partial charge in [0, 0.05) is 11.8 Å². The molecule has 0 aliphatic carbocycles. The zero-order valence-corrected chi connectivity index (χ0v) is 12.2. The van der Waals surface area contributed by atoms with Gasteiger partial charge in [0.2, 0.25) is 0 Å². The molecule has 0 bridgehead atoms. The summed E-state index contributed by atoms with van der Waals surface area (Å²) in [6.07, 6.45) is 0. The van der Waals surface area contributed by atoms with E-state index in [2.05, 4.69) is 23.4 Å². The molecule has 4 nitrogen and oxygen atoms in total. The van der Waals surface area contributed by atoms with Crippen molar-refractivity contribution in [2.75, 3.05) is 11.5 Å². The number of carbonyl (C=O) groups is 1. The van der Waals surface area contributed by atoms with Gasteiger partial charge < -0.3 is 9.67 Å². The van der Waals surface area contributed by atoms with E-state index < -0.39 is 5.97 Å². The molecule has 2 aromatic rings. The number of aromatic nitrogens is 2. The standard InChI is InChI=1S/C14H18N2O2S/c1-4-19-8-9(2)16-10(3)15-13-11(14(17)18)6-5-7-12(13)16/h5-7,9H,4,8H2,1-3H3,(H,17,18). The minimum Gasteiger partial charge on any atom is -0.478 e. The average Bonchev–Trinajstić information content (AvgIpc) is 2.71. The molecule has 0 aliphatic rings. The molecule has 0 radical (unpaired) electrons. The molecule has 0 aliphatic heterocycles. The van der Waals surface area contributed by atoms with Crippen LogP contribution in [0.25, 0.3) is 11.0 Å². The number of hydrogen-bond acceptors (Lipinski definition) is 3. The molecule has 5 heteroatoms. The number of aromatic carboxylic acids is 1. The number of aryl methyl sites for hydroxylation is 1. The van der Waals surface area contributed by atoms with E-state index in [1.165, 1.54) is 0 Å². The van der Waals surface area contributed by atoms with E-state index in [0.29, 0.717) is 11.6 Å². The Morgan fingerprint density at radius 2 is 2.26 bits per heavy atom. The lowest BCUT2D eigenvalue weighted by molar-refractivity contribution is 0.0699. The molecule has 1 heterocycles. The van der Waals surface area contributed by atoms with E-state index in [0.717, 1.165) is 22.8 Å². The summed E-state index contributed by atoms with van der Waals surface area (Å²) in [4.78, 5) is 15.7. The van der Waals surface area contributed by atoms with Gasteiger partial charge >= 0.3 is 5.97 Å². The maximum atomic E-state index is 11.2. The van der Waals surface area contributed by atoms with Crippen LogP contribution in [0.1, 0.15) is 36.1 Å². The van der Waals surface area contributed by atoms with Crippen molar-refractivity contribution in [3.63, 3.8) is 0 Å². The largest absolute Gasteiger partial charge is 0.478 e. The Balaban J connectivity index is 2.53. The summed E-state index contributed by atoms with van der Waals surface area (Å²) in [5.74, 6) is 2.02.